The highest BCUT2D eigenvalue weighted by atomic mass is 35.5. The predicted octanol–water partition coefficient (Wildman–Crippen LogP) is 4.78. The monoisotopic (exact) mass is 357 g/mol. The number of aryl methyl sites for hydroxylation is 2. The number of anilines is 1. The lowest BCUT2D eigenvalue weighted by Crippen LogP contribution is -2.17. The van der Waals surface area contributed by atoms with E-state index in [0.29, 0.717) is 22.9 Å². The Labute approximate surface area is 149 Å². The van der Waals surface area contributed by atoms with Crippen molar-refractivity contribution in [2.24, 2.45) is 0 Å². The van der Waals surface area contributed by atoms with Crippen LogP contribution in [0.2, 0.25) is 5.02 Å². The highest BCUT2D eigenvalue weighted by molar-refractivity contribution is 6.31. The van der Waals surface area contributed by atoms with Crippen molar-refractivity contribution in [1.82, 2.24) is 4.57 Å². The molecule has 128 valence electrons. The molecular weight excluding hydrogens is 342 g/mol. The molecule has 6 nitrogen and oxygen atoms in total. The first-order valence-electron chi connectivity index (χ1n) is 7.76. The van der Waals surface area contributed by atoms with Crippen LogP contribution in [-0.2, 0) is 6.54 Å². The van der Waals surface area contributed by atoms with E-state index in [4.69, 9.17) is 11.6 Å². The van der Waals surface area contributed by atoms with E-state index in [2.05, 4.69) is 5.32 Å². The maximum atomic E-state index is 12.8. The van der Waals surface area contributed by atoms with Gasteiger partial charge in [0, 0.05) is 40.3 Å². The standard InChI is InChI=1S/C18H16ClN3O3/c1-3-21-16-8-7-12(19)9-15(16)11(2)17(21)18(23)20-13-5-4-6-14(10-13)22(24)25/h4-10H,3H2,1-2H3,(H,20,23). The minimum Gasteiger partial charge on any atom is -0.337 e. The number of halogens is 1. The molecule has 1 aromatic heterocycles. The van der Waals surface area contributed by atoms with Gasteiger partial charge in [0.1, 0.15) is 5.69 Å². The van der Waals surface area contributed by atoms with Crippen LogP contribution in [0.1, 0.15) is 23.0 Å². The third-order valence-corrected chi connectivity index (χ3v) is 4.36. The Morgan fingerprint density at radius 1 is 1.28 bits per heavy atom. The van der Waals surface area contributed by atoms with E-state index >= 15 is 0 Å². The number of rotatable bonds is 4. The SMILES string of the molecule is CCn1c(C(=O)Nc2cccc([N+](=O)[O-])c2)c(C)c2cc(Cl)ccc21. The summed E-state index contributed by atoms with van der Waals surface area (Å²) in [5, 5.41) is 15.2. The van der Waals surface area contributed by atoms with E-state index in [-0.39, 0.29) is 11.6 Å². The number of nitro benzene ring substituents is 1. The Balaban J connectivity index is 2.04. The first-order valence-corrected chi connectivity index (χ1v) is 8.14. The minimum absolute atomic E-state index is 0.0719. The van der Waals surface area contributed by atoms with Crippen LogP contribution in [0.4, 0.5) is 11.4 Å². The summed E-state index contributed by atoms with van der Waals surface area (Å²) < 4.78 is 1.91. The van der Waals surface area contributed by atoms with Crippen molar-refractivity contribution < 1.29 is 9.72 Å². The molecule has 0 aliphatic carbocycles. The molecule has 0 aliphatic heterocycles. The molecule has 1 heterocycles. The average molecular weight is 358 g/mol. The number of hydrogen-bond acceptors (Lipinski definition) is 3. The summed E-state index contributed by atoms with van der Waals surface area (Å²) in [6, 6.07) is 11.4. The van der Waals surface area contributed by atoms with Gasteiger partial charge in [-0.15, -0.1) is 0 Å². The van der Waals surface area contributed by atoms with Crippen LogP contribution in [0.25, 0.3) is 10.9 Å². The summed E-state index contributed by atoms with van der Waals surface area (Å²) in [5.74, 6) is -0.313. The van der Waals surface area contributed by atoms with Crippen molar-refractivity contribution in [2.75, 3.05) is 5.32 Å². The molecule has 0 radical (unpaired) electrons. The molecule has 2 aromatic carbocycles. The maximum absolute atomic E-state index is 12.8. The number of nitrogens with zero attached hydrogens (tertiary/aromatic N) is 2. The highest BCUT2D eigenvalue weighted by Gasteiger charge is 2.20. The van der Waals surface area contributed by atoms with Crippen LogP contribution in [-0.4, -0.2) is 15.4 Å². The highest BCUT2D eigenvalue weighted by Crippen LogP contribution is 2.29. The number of aromatic nitrogens is 1. The van der Waals surface area contributed by atoms with Gasteiger partial charge in [-0.3, -0.25) is 14.9 Å². The van der Waals surface area contributed by atoms with Crippen LogP contribution in [0.5, 0.6) is 0 Å². The number of amides is 1. The summed E-state index contributed by atoms with van der Waals surface area (Å²) >= 11 is 6.08. The number of carbonyl (C=O) groups excluding carboxylic acids is 1. The number of hydrogen-bond donors (Lipinski definition) is 1. The predicted molar refractivity (Wildman–Crippen MR) is 98.4 cm³/mol. The fraction of sp³-hybridized carbons (Fsp3) is 0.167. The Bertz CT molecular complexity index is 995. The smallest absolute Gasteiger partial charge is 0.272 e. The van der Waals surface area contributed by atoms with Gasteiger partial charge >= 0.3 is 0 Å². The van der Waals surface area contributed by atoms with E-state index in [1.54, 1.807) is 12.1 Å². The molecule has 0 bridgehead atoms. The first kappa shape index (κ1) is 17.0. The minimum atomic E-state index is -0.494. The summed E-state index contributed by atoms with van der Waals surface area (Å²) in [6.45, 7) is 4.44. The van der Waals surface area contributed by atoms with Crippen LogP contribution in [0, 0.1) is 17.0 Å². The lowest BCUT2D eigenvalue weighted by atomic mass is 10.1. The zero-order chi connectivity index (χ0) is 18.1. The first-order chi connectivity index (χ1) is 11.9. The largest absolute Gasteiger partial charge is 0.337 e. The molecule has 25 heavy (non-hydrogen) atoms. The van der Waals surface area contributed by atoms with Gasteiger partial charge in [-0.05, 0) is 43.7 Å². The lowest BCUT2D eigenvalue weighted by molar-refractivity contribution is -0.384. The van der Waals surface area contributed by atoms with Crippen molar-refractivity contribution in [3.63, 3.8) is 0 Å². The van der Waals surface area contributed by atoms with E-state index in [1.165, 1.54) is 18.2 Å². The fourth-order valence-electron chi connectivity index (χ4n) is 3.00. The van der Waals surface area contributed by atoms with Gasteiger partial charge in [-0.25, -0.2) is 0 Å². The Hall–Kier alpha value is -2.86. The molecule has 3 aromatic rings. The topological polar surface area (TPSA) is 77.2 Å². The molecule has 0 atom stereocenters. The molecule has 0 saturated carbocycles. The van der Waals surface area contributed by atoms with Crippen molar-refractivity contribution in [1.29, 1.82) is 0 Å². The summed E-state index contributed by atoms with van der Waals surface area (Å²) in [5.41, 5.74) is 2.57. The van der Waals surface area contributed by atoms with E-state index in [9.17, 15) is 14.9 Å². The Morgan fingerprint density at radius 3 is 2.72 bits per heavy atom. The molecule has 0 spiro atoms. The van der Waals surface area contributed by atoms with Crippen LogP contribution >= 0.6 is 11.6 Å². The molecule has 1 N–H and O–H groups in total. The number of benzene rings is 2. The van der Waals surface area contributed by atoms with Crippen molar-refractivity contribution >= 4 is 39.8 Å². The summed E-state index contributed by atoms with van der Waals surface area (Å²) in [4.78, 5) is 23.2. The second-order valence-corrected chi connectivity index (χ2v) is 6.08. The molecule has 0 fully saturated rings. The summed E-state index contributed by atoms with van der Waals surface area (Å²) in [7, 11) is 0. The maximum Gasteiger partial charge on any atom is 0.272 e. The number of non-ortho nitro benzene ring substituents is 1. The van der Waals surface area contributed by atoms with Gasteiger partial charge in [0.2, 0.25) is 0 Å². The number of carbonyl (C=O) groups is 1. The van der Waals surface area contributed by atoms with E-state index in [1.807, 2.05) is 30.5 Å². The van der Waals surface area contributed by atoms with Gasteiger partial charge < -0.3 is 9.88 Å². The van der Waals surface area contributed by atoms with Crippen LogP contribution < -0.4 is 5.32 Å². The molecule has 0 saturated heterocycles. The van der Waals surface area contributed by atoms with E-state index in [0.717, 1.165) is 16.5 Å². The van der Waals surface area contributed by atoms with Gasteiger partial charge in [0.05, 0.1) is 4.92 Å². The molecule has 7 heteroatoms. The fourth-order valence-corrected chi connectivity index (χ4v) is 3.18. The Morgan fingerprint density at radius 2 is 2.04 bits per heavy atom. The quantitative estimate of drug-likeness (QED) is 0.539. The zero-order valence-electron chi connectivity index (χ0n) is 13.7. The van der Waals surface area contributed by atoms with Gasteiger partial charge in [-0.2, -0.15) is 0 Å². The van der Waals surface area contributed by atoms with Crippen LogP contribution in [0.3, 0.4) is 0 Å². The van der Waals surface area contributed by atoms with Crippen molar-refractivity contribution in [3.8, 4) is 0 Å². The van der Waals surface area contributed by atoms with Gasteiger partial charge in [-0.1, -0.05) is 17.7 Å². The molecule has 0 aliphatic rings. The van der Waals surface area contributed by atoms with Crippen molar-refractivity contribution in [2.45, 2.75) is 20.4 Å². The van der Waals surface area contributed by atoms with Crippen molar-refractivity contribution in [3.05, 3.63) is 68.9 Å². The van der Waals surface area contributed by atoms with E-state index < -0.39 is 4.92 Å². The van der Waals surface area contributed by atoms with Gasteiger partial charge in [0.25, 0.3) is 11.6 Å². The summed E-state index contributed by atoms with van der Waals surface area (Å²) in [6.07, 6.45) is 0. The zero-order valence-corrected chi connectivity index (χ0v) is 14.5. The lowest BCUT2D eigenvalue weighted by Gasteiger charge is -2.10. The third kappa shape index (κ3) is 3.08. The second kappa shape index (κ2) is 6.57. The molecule has 3 rings (SSSR count). The second-order valence-electron chi connectivity index (χ2n) is 5.64. The molecule has 1 amide bonds. The van der Waals surface area contributed by atoms with Crippen LogP contribution in [0.15, 0.2) is 42.5 Å². The normalized spacial score (nSPS) is 10.8. The molecule has 0 unspecified atom stereocenters. The Kier molecular flexibility index (Phi) is 4.46. The number of nitrogens with one attached hydrogen (secondary N) is 1. The molecular formula is C18H16ClN3O3. The average Bonchev–Trinajstić information content (AvgIpc) is 2.86. The number of nitro groups is 1. The third-order valence-electron chi connectivity index (χ3n) is 4.12. The van der Waals surface area contributed by atoms with Gasteiger partial charge in [0.15, 0.2) is 0 Å². The number of fused-ring (bicyclic) bond motifs is 1.